The Kier molecular flexibility index (Phi) is 5.59. The Morgan fingerprint density at radius 3 is 2.55 bits per heavy atom. The van der Waals surface area contributed by atoms with Crippen molar-refractivity contribution in [3.63, 3.8) is 0 Å². The molecule has 1 aliphatic rings. The van der Waals surface area contributed by atoms with Crippen molar-refractivity contribution in [1.29, 1.82) is 0 Å². The third-order valence-corrected chi connectivity index (χ3v) is 3.62. The van der Waals surface area contributed by atoms with Gasteiger partial charge in [-0.05, 0) is 24.3 Å². The number of benzene rings is 1. The summed E-state index contributed by atoms with van der Waals surface area (Å²) in [5.74, 6) is 0.0533. The summed E-state index contributed by atoms with van der Waals surface area (Å²) in [6.07, 6.45) is 5.23. The minimum atomic E-state index is -0.395. The number of hydrogen-bond acceptors (Lipinski definition) is 3. The normalized spacial score (nSPS) is 15.0. The molecule has 4 heteroatoms. The highest BCUT2D eigenvalue weighted by Crippen LogP contribution is 2.27. The summed E-state index contributed by atoms with van der Waals surface area (Å²) >= 11 is 0. The van der Waals surface area contributed by atoms with E-state index in [4.69, 9.17) is 4.74 Å². The minimum Gasteiger partial charge on any atom is -0.460 e. The molecule has 1 fully saturated rings. The molecule has 0 heterocycles. The van der Waals surface area contributed by atoms with Crippen LogP contribution in [0.2, 0.25) is 0 Å². The second-order valence-corrected chi connectivity index (χ2v) is 5.28. The van der Waals surface area contributed by atoms with Gasteiger partial charge in [-0.15, -0.1) is 0 Å². The average molecular weight is 275 g/mol. The van der Waals surface area contributed by atoms with Crippen molar-refractivity contribution < 1.29 is 14.3 Å². The van der Waals surface area contributed by atoms with Crippen molar-refractivity contribution in [1.82, 2.24) is 5.32 Å². The number of carbonyl (C=O) groups is 2. The van der Waals surface area contributed by atoms with Gasteiger partial charge in [0.1, 0.15) is 13.2 Å². The highest BCUT2D eigenvalue weighted by Gasteiger charge is 2.18. The lowest BCUT2D eigenvalue weighted by Crippen LogP contribution is -2.31. The maximum absolute atomic E-state index is 11.7. The van der Waals surface area contributed by atoms with Gasteiger partial charge in [-0.1, -0.05) is 43.2 Å². The first-order valence-corrected chi connectivity index (χ1v) is 7.20. The molecule has 1 aliphatic carbocycles. The predicted octanol–water partition coefficient (Wildman–Crippen LogP) is 2.43. The molecule has 1 N–H and O–H groups in total. The van der Waals surface area contributed by atoms with Gasteiger partial charge in [0.05, 0.1) is 0 Å². The standard InChI is InChI=1S/C16H21NO3/c18-15(10-13-6-4-5-7-13)17-11-16(19)20-12-14-8-2-1-3-9-14/h1-3,8-9,13H,4-7,10-12H2,(H,17,18). The van der Waals surface area contributed by atoms with Gasteiger partial charge in [0.2, 0.25) is 5.91 Å². The van der Waals surface area contributed by atoms with Crippen molar-refractivity contribution in [3.05, 3.63) is 35.9 Å². The molecule has 0 saturated heterocycles. The van der Waals surface area contributed by atoms with Gasteiger partial charge < -0.3 is 10.1 Å². The van der Waals surface area contributed by atoms with E-state index in [0.717, 1.165) is 18.4 Å². The molecular weight excluding hydrogens is 254 g/mol. The summed E-state index contributed by atoms with van der Waals surface area (Å²) in [6.45, 7) is 0.205. The molecular formula is C16H21NO3. The fraction of sp³-hybridized carbons (Fsp3) is 0.500. The summed E-state index contributed by atoms with van der Waals surface area (Å²) in [5, 5.41) is 2.63. The van der Waals surface area contributed by atoms with Crippen molar-refractivity contribution in [2.75, 3.05) is 6.54 Å². The predicted molar refractivity (Wildman–Crippen MR) is 75.8 cm³/mol. The van der Waals surface area contributed by atoms with Crippen LogP contribution in [0.4, 0.5) is 0 Å². The molecule has 0 radical (unpaired) electrons. The first kappa shape index (κ1) is 14.6. The third-order valence-electron chi connectivity index (χ3n) is 3.62. The lowest BCUT2D eigenvalue weighted by Gasteiger charge is -2.09. The molecule has 0 aromatic heterocycles. The van der Waals surface area contributed by atoms with Crippen molar-refractivity contribution in [2.45, 2.75) is 38.7 Å². The Bertz CT molecular complexity index is 438. The smallest absolute Gasteiger partial charge is 0.325 e. The van der Waals surface area contributed by atoms with E-state index in [9.17, 15) is 9.59 Å². The van der Waals surface area contributed by atoms with Gasteiger partial charge in [0, 0.05) is 6.42 Å². The molecule has 2 rings (SSSR count). The van der Waals surface area contributed by atoms with Crippen LogP contribution in [-0.2, 0) is 20.9 Å². The van der Waals surface area contributed by atoms with E-state index in [2.05, 4.69) is 5.32 Å². The molecule has 0 unspecified atom stereocenters. The van der Waals surface area contributed by atoms with E-state index in [1.807, 2.05) is 30.3 Å². The van der Waals surface area contributed by atoms with Crippen LogP contribution in [0.15, 0.2) is 30.3 Å². The zero-order valence-electron chi connectivity index (χ0n) is 11.6. The molecule has 1 aromatic carbocycles. The highest BCUT2D eigenvalue weighted by atomic mass is 16.5. The van der Waals surface area contributed by atoms with Crippen LogP contribution in [0.5, 0.6) is 0 Å². The van der Waals surface area contributed by atoms with Gasteiger partial charge >= 0.3 is 5.97 Å². The number of amides is 1. The number of hydrogen-bond donors (Lipinski definition) is 1. The van der Waals surface area contributed by atoms with Gasteiger partial charge in [-0.25, -0.2) is 0 Å². The van der Waals surface area contributed by atoms with Crippen LogP contribution < -0.4 is 5.32 Å². The SMILES string of the molecule is O=C(CC1CCCC1)NCC(=O)OCc1ccccc1. The lowest BCUT2D eigenvalue weighted by atomic mass is 10.0. The highest BCUT2D eigenvalue weighted by molar-refractivity contribution is 5.82. The third kappa shape index (κ3) is 5.03. The number of carbonyl (C=O) groups excluding carboxylic acids is 2. The van der Waals surface area contributed by atoms with Crippen LogP contribution in [0, 0.1) is 5.92 Å². The van der Waals surface area contributed by atoms with E-state index in [0.29, 0.717) is 12.3 Å². The molecule has 1 amide bonds. The molecule has 108 valence electrons. The molecule has 0 aliphatic heterocycles. The molecule has 0 bridgehead atoms. The fourth-order valence-corrected chi connectivity index (χ4v) is 2.51. The Hall–Kier alpha value is -1.84. The number of nitrogens with one attached hydrogen (secondary N) is 1. The van der Waals surface area contributed by atoms with Gasteiger partial charge in [0.15, 0.2) is 0 Å². The molecule has 0 atom stereocenters. The lowest BCUT2D eigenvalue weighted by molar-refractivity contribution is -0.145. The van der Waals surface area contributed by atoms with E-state index in [-0.39, 0.29) is 19.1 Å². The van der Waals surface area contributed by atoms with Crippen LogP contribution in [0.3, 0.4) is 0 Å². The molecule has 20 heavy (non-hydrogen) atoms. The molecule has 4 nitrogen and oxygen atoms in total. The van der Waals surface area contributed by atoms with Gasteiger partial charge in [0.25, 0.3) is 0 Å². The van der Waals surface area contributed by atoms with Crippen molar-refractivity contribution in [3.8, 4) is 0 Å². The number of esters is 1. The van der Waals surface area contributed by atoms with Gasteiger partial charge in [-0.3, -0.25) is 9.59 Å². The van der Waals surface area contributed by atoms with Crippen LogP contribution in [0.25, 0.3) is 0 Å². The van der Waals surface area contributed by atoms with E-state index in [1.165, 1.54) is 12.8 Å². The van der Waals surface area contributed by atoms with E-state index >= 15 is 0 Å². The second-order valence-electron chi connectivity index (χ2n) is 5.28. The van der Waals surface area contributed by atoms with Crippen molar-refractivity contribution >= 4 is 11.9 Å². The largest absolute Gasteiger partial charge is 0.460 e. The summed E-state index contributed by atoms with van der Waals surface area (Å²) in [6, 6.07) is 9.49. The zero-order valence-corrected chi connectivity index (χ0v) is 11.6. The quantitative estimate of drug-likeness (QED) is 0.811. The topological polar surface area (TPSA) is 55.4 Å². The van der Waals surface area contributed by atoms with Crippen molar-refractivity contribution in [2.24, 2.45) is 5.92 Å². The maximum Gasteiger partial charge on any atom is 0.325 e. The Morgan fingerprint density at radius 1 is 1.15 bits per heavy atom. The Labute approximate surface area is 119 Å². The molecule has 1 aromatic rings. The average Bonchev–Trinajstić information content (AvgIpc) is 2.97. The summed E-state index contributed by atoms with van der Waals surface area (Å²) in [4.78, 5) is 23.2. The van der Waals surface area contributed by atoms with Crippen LogP contribution in [0.1, 0.15) is 37.7 Å². The molecule has 0 spiro atoms. The molecule has 1 saturated carbocycles. The van der Waals surface area contributed by atoms with Gasteiger partial charge in [-0.2, -0.15) is 0 Å². The number of rotatable bonds is 6. The summed E-state index contributed by atoms with van der Waals surface area (Å²) < 4.78 is 5.09. The van der Waals surface area contributed by atoms with Crippen LogP contribution >= 0.6 is 0 Å². The van der Waals surface area contributed by atoms with Crippen LogP contribution in [-0.4, -0.2) is 18.4 Å². The maximum atomic E-state index is 11.7. The second kappa shape index (κ2) is 7.68. The monoisotopic (exact) mass is 275 g/mol. The Morgan fingerprint density at radius 2 is 1.85 bits per heavy atom. The number of ether oxygens (including phenoxy) is 1. The van der Waals surface area contributed by atoms with E-state index in [1.54, 1.807) is 0 Å². The zero-order chi connectivity index (χ0) is 14.2. The first-order valence-electron chi connectivity index (χ1n) is 7.20. The van der Waals surface area contributed by atoms with E-state index < -0.39 is 5.97 Å². The first-order chi connectivity index (χ1) is 9.74. The Balaban J connectivity index is 1.61. The summed E-state index contributed by atoms with van der Waals surface area (Å²) in [7, 11) is 0. The fourth-order valence-electron chi connectivity index (χ4n) is 2.51. The summed E-state index contributed by atoms with van der Waals surface area (Å²) in [5.41, 5.74) is 0.943. The minimum absolute atomic E-state index is 0.0433.